The van der Waals surface area contributed by atoms with Gasteiger partial charge in [0.25, 0.3) is 0 Å². The number of hydrogen-bond donors (Lipinski definition) is 2. The number of phenols is 1. The Hall–Kier alpha value is -1.14. The summed E-state index contributed by atoms with van der Waals surface area (Å²) < 4.78 is 35.7. The molecule has 1 rings (SSSR count). The van der Waals surface area contributed by atoms with Crippen LogP contribution in [0.4, 0.5) is 18.9 Å². The summed E-state index contributed by atoms with van der Waals surface area (Å²) in [6, 6.07) is 2.29. The molecule has 2 N–H and O–H groups in total. The Labute approximate surface area is 104 Å². The molecule has 0 atom stereocenters. The first-order chi connectivity index (χ1) is 7.69. The first-order valence-corrected chi connectivity index (χ1v) is 4.99. The molecule has 3 nitrogen and oxygen atoms in total. The van der Waals surface area contributed by atoms with E-state index >= 15 is 0 Å². The van der Waals surface area contributed by atoms with Gasteiger partial charge in [0.2, 0.25) is 5.91 Å². The van der Waals surface area contributed by atoms with Crippen LogP contribution in [0.15, 0.2) is 12.1 Å². The molecule has 0 aliphatic carbocycles. The zero-order chi connectivity index (χ0) is 13.2. The van der Waals surface area contributed by atoms with Crippen molar-refractivity contribution >= 4 is 34.8 Å². The Balaban J connectivity index is 2.85. The van der Waals surface area contributed by atoms with Gasteiger partial charge < -0.3 is 10.4 Å². The van der Waals surface area contributed by atoms with Gasteiger partial charge in [-0.05, 0) is 12.1 Å². The smallest absolute Gasteiger partial charge is 0.397 e. The van der Waals surface area contributed by atoms with Crippen molar-refractivity contribution < 1.29 is 23.1 Å². The van der Waals surface area contributed by atoms with Crippen LogP contribution in [-0.4, -0.2) is 17.2 Å². The van der Waals surface area contributed by atoms with Crippen molar-refractivity contribution in [3.8, 4) is 5.75 Å². The highest BCUT2D eigenvalue weighted by molar-refractivity contribution is 6.36. The van der Waals surface area contributed by atoms with E-state index in [2.05, 4.69) is 0 Å². The molecule has 0 radical (unpaired) electrons. The number of benzene rings is 1. The lowest BCUT2D eigenvalue weighted by Gasteiger charge is -2.10. The van der Waals surface area contributed by atoms with Crippen LogP contribution >= 0.6 is 23.2 Å². The van der Waals surface area contributed by atoms with E-state index in [4.69, 9.17) is 23.2 Å². The van der Waals surface area contributed by atoms with Crippen LogP contribution in [0.25, 0.3) is 0 Å². The molecular formula is C9H6Cl2F3NO2. The Morgan fingerprint density at radius 3 is 2.47 bits per heavy atom. The Kier molecular flexibility index (Phi) is 4.11. The summed E-state index contributed by atoms with van der Waals surface area (Å²) in [5.74, 6) is -1.85. The SMILES string of the molecule is O=C(CC(F)(F)F)Nc1cc(Cl)cc(Cl)c1O. The van der Waals surface area contributed by atoms with Crippen LogP contribution in [0.2, 0.25) is 10.0 Å². The van der Waals surface area contributed by atoms with Gasteiger partial charge in [-0.25, -0.2) is 0 Å². The normalized spacial score (nSPS) is 11.4. The molecule has 17 heavy (non-hydrogen) atoms. The van der Waals surface area contributed by atoms with Crippen molar-refractivity contribution in [2.45, 2.75) is 12.6 Å². The van der Waals surface area contributed by atoms with Crippen LogP contribution in [0.1, 0.15) is 6.42 Å². The summed E-state index contributed by atoms with van der Waals surface area (Å²) in [6.07, 6.45) is -6.28. The van der Waals surface area contributed by atoms with E-state index in [1.54, 1.807) is 0 Å². The second-order valence-corrected chi connectivity index (χ2v) is 3.97. The van der Waals surface area contributed by atoms with E-state index < -0.39 is 24.3 Å². The molecule has 0 spiro atoms. The number of hydrogen-bond acceptors (Lipinski definition) is 2. The Bertz CT molecular complexity index is 449. The molecule has 0 saturated heterocycles. The van der Waals surface area contributed by atoms with Crippen LogP contribution in [0.3, 0.4) is 0 Å². The second kappa shape index (κ2) is 5.01. The minimum absolute atomic E-state index is 0.0788. The Morgan fingerprint density at radius 1 is 1.35 bits per heavy atom. The van der Waals surface area contributed by atoms with Gasteiger partial charge in [-0.3, -0.25) is 4.79 Å². The van der Waals surface area contributed by atoms with Crippen molar-refractivity contribution in [2.24, 2.45) is 0 Å². The molecular weight excluding hydrogens is 282 g/mol. The second-order valence-electron chi connectivity index (χ2n) is 3.12. The first kappa shape index (κ1) is 13.9. The number of halogens is 5. The number of carbonyl (C=O) groups is 1. The van der Waals surface area contributed by atoms with E-state index in [1.165, 1.54) is 6.07 Å². The number of amides is 1. The van der Waals surface area contributed by atoms with Crippen molar-refractivity contribution in [2.75, 3.05) is 5.32 Å². The van der Waals surface area contributed by atoms with E-state index in [-0.39, 0.29) is 15.7 Å². The van der Waals surface area contributed by atoms with Gasteiger partial charge in [0.15, 0.2) is 5.75 Å². The average Bonchev–Trinajstić information content (AvgIpc) is 2.10. The van der Waals surface area contributed by atoms with Crippen molar-refractivity contribution in [3.05, 3.63) is 22.2 Å². The topological polar surface area (TPSA) is 49.3 Å². The highest BCUT2D eigenvalue weighted by Crippen LogP contribution is 2.35. The van der Waals surface area contributed by atoms with Gasteiger partial charge in [-0.2, -0.15) is 13.2 Å². The van der Waals surface area contributed by atoms with Crippen molar-refractivity contribution in [1.82, 2.24) is 0 Å². The lowest BCUT2D eigenvalue weighted by Crippen LogP contribution is -2.21. The standard InChI is InChI=1S/C9H6Cl2F3NO2/c10-4-1-5(11)8(17)6(2-4)15-7(16)3-9(12,13)14/h1-2,17H,3H2,(H,15,16). The molecule has 0 heterocycles. The summed E-state index contributed by atoms with van der Waals surface area (Å²) in [6.45, 7) is 0. The molecule has 0 saturated carbocycles. The first-order valence-electron chi connectivity index (χ1n) is 4.23. The minimum atomic E-state index is -4.62. The molecule has 1 aromatic rings. The summed E-state index contributed by atoms with van der Waals surface area (Å²) in [5, 5.41) is 11.2. The quantitative estimate of drug-likeness (QED) is 0.817. The molecule has 0 aliphatic heterocycles. The fourth-order valence-corrected chi connectivity index (χ4v) is 1.53. The largest absolute Gasteiger partial charge is 0.504 e. The van der Waals surface area contributed by atoms with Gasteiger partial charge in [-0.15, -0.1) is 0 Å². The summed E-state index contributed by atoms with van der Waals surface area (Å²) in [4.78, 5) is 11.0. The number of aromatic hydroxyl groups is 1. The zero-order valence-corrected chi connectivity index (χ0v) is 9.62. The van der Waals surface area contributed by atoms with Crippen LogP contribution in [-0.2, 0) is 4.79 Å². The molecule has 1 amide bonds. The van der Waals surface area contributed by atoms with Crippen molar-refractivity contribution in [3.63, 3.8) is 0 Å². The van der Waals surface area contributed by atoms with Gasteiger partial charge >= 0.3 is 6.18 Å². The number of anilines is 1. The maximum absolute atomic E-state index is 11.9. The molecule has 0 bridgehead atoms. The molecule has 8 heteroatoms. The fraction of sp³-hybridized carbons (Fsp3) is 0.222. The number of carbonyl (C=O) groups excluding carboxylic acids is 1. The number of rotatable bonds is 2. The lowest BCUT2D eigenvalue weighted by atomic mass is 10.2. The number of alkyl halides is 3. The van der Waals surface area contributed by atoms with Gasteiger partial charge in [0.1, 0.15) is 6.42 Å². The maximum atomic E-state index is 11.9. The molecule has 0 aliphatic rings. The highest BCUT2D eigenvalue weighted by Gasteiger charge is 2.31. The van der Waals surface area contributed by atoms with Crippen LogP contribution < -0.4 is 5.32 Å². The predicted molar refractivity (Wildman–Crippen MR) is 57.4 cm³/mol. The third-order valence-corrected chi connectivity index (χ3v) is 2.17. The van der Waals surface area contributed by atoms with Crippen LogP contribution in [0, 0.1) is 0 Å². The lowest BCUT2D eigenvalue weighted by molar-refractivity contribution is -0.150. The maximum Gasteiger partial charge on any atom is 0.397 e. The fourth-order valence-electron chi connectivity index (χ4n) is 1.04. The highest BCUT2D eigenvalue weighted by atomic mass is 35.5. The molecule has 0 unspecified atom stereocenters. The molecule has 94 valence electrons. The number of nitrogens with one attached hydrogen (secondary N) is 1. The Morgan fingerprint density at radius 2 is 1.94 bits per heavy atom. The zero-order valence-electron chi connectivity index (χ0n) is 8.11. The van der Waals surface area contributed by atoms with Gasteiger partial charge in [-0.1, -0.05) is 23.2 Å². The molecule has 0 fully saturated rings. The van der Waals surface area contributed by atoms with E-state index in [9.17, 15) is 23.1 Å². The third-order valence-electron chi connectivity index (χ3n) is 1.66. The van der Waals surface area contributed by atoms with Crippen molar-refractivity contribution in [1.29, 1.82) is 0 Å². The average molecular weight is 288 g/mol. The minimum Gasteiger partial charge on any atom is -0.504 e. The van der Waals surface area contributed by atoms with E-state index in [0.29, 0.717) is 0 Å². The van der Waals surface area contributed by atoms with Crippen LogP contribution in [0.5, 0.6) is 5.75 Å². The summed E-state index contributed by atoms with van der Waals surface area (Å²) in [5.41, 5.74) is -0.267. The van der Waals surface area contributed by atoms with Gasteiger partial charge in [0, 0.05) is 5.02 Å². The van der Waals surface area contributed by atoms with E-state index in [1.807, 2.05) is 5.32 Å². The summed E-state index contributed by atoms with van der Waals surface area (Å²) >= 11 is 11.1. The predicted octanol–water partition coefficient (Wildman–Crippen LogP) is 3.59. The monoisotopic (exact) mass is 287 g/mol. The van der Waals surface area contributed by atoms with Gasteiger partial charge in [0.05, 0.1) is 10.7 Å². The van der Waals surface area contributed by atoms with E-state index in [0.717, 1.165) is 6.07 Å². The molecule has 1 aromatic carbocycles. The number of phenolic OH excluding ortho intramolecular Hbond substituents is 1. The third kappa shape index (κ3) is 4.32. The molecule has 0 aromatic heterocycles. The summed E-state index contributed by atoms with van der Waals surface area (Å²) in [7, 11) is 0.